The van der Waals surface area contributed by atoms with Crippen LogP contribution in [-0.2, 0) is 0 Å². The monoisotopic (exact) mass is 308 g/mol. The number of carbonyl (C=O) groups excluding carboxylic acids is 1. The van der Waals surface area contributed by atoms with Crippen molar-refractivity contribution in [1.29, 1.82) is 0 Å². The van der Waals surface area contributed by atoms with Gasteiger partial charge in [0.25, 0.3) is 5.69 Å². The molecule has 1 saturated carbocycles. The van der Waals surface area contributed by atoms with Crippen LogP contribution in [0.25, 0.3) is 0 Å². The molecule has 1 fully saturated rings. The van der Waals surface area contributed by atoms with Crippen LogP contribution in [0, 0.1) is 5.21 Å². The van der Waals surface area contributed by atoms with E-state index in [-0.39, 0.29) is 5.69 Å². The van der Waals surface area contributed by atoms with Gasteiger partial charge in [-0.15, -0.1) is 0 Å². The molecule has 0 saturated heterocycles. The molecule has 114 valence electrons. The third-order valence-corrected chi connectivity index (χ3v) is 3.96. The van der Waals surface area contributed by atoms with Gasteiger partial charge in [-0.3, -0.25) is 15.2 Å². The molecule has 1 aromatic rings. The van der Waals surface area contributed by atoms with Crippen molar-refractivity contribution < 1.29 is 9.52 Å². The van der Waals surface area contributed by atoms with Crippen molar-refractivity contribution in [2.45, 2.75) is 38.1 Å². The summed E-state index contributed by atoms with van der Waals surface area (Å²) in [6, 6.07) is 5.05. The predicted octanol–water partition coefficient (Wildman–Crippen LogP) is 1.10. The minimum atomic E-state index is -0.485. The van der Waals surface area contributed by atoms with Crippen LogP contribution in [-0.4, -0.2) is 29.1 Å². The lowest BCUT2D eigenvalue weighted by molar-refractivity contribution is -0.607. The molecular weight excluding hydrogens is 288 g/mol. The summed E-state index contributed by atoms with van der Waals surface area (Å²) >= 11 is 5.27. The third kappa shape index (κ3) is 4.29. The van der Waals surface area contributed by atoms with Crippen molar-refractivity contribution in [1.82, 2.24) is 15.8 Å². The normalized spacial score (nSPS) is 15.3. The Bertz CT molecular complexity index is 517. The van der Waals surface area contributed by atoms with Gasteiger partial charge in [-0.2, -0.15) is 4.73 Å². The number of hydrogen-bond donors (Lipinski definition) is 2. The topological polar surface area (TPSA) is 71.3 Å². The molecule has 0 atom stereocenters. The summed E-state index contributed by atoms with van der Waals surface area (Å²) < 4.78 is 0.529. The molecule has 1 aliphatic rings. The van der Waals surface area contributed by atoms with Crippen molar-refractivity contribution in [3.8, 4) is 0 Å². The largest absolute Gasteiger partial charge is 0.618 e. The van der Waals surface area contributed by atoms with Crippen LogP contribution in [0.4, 0.5) is 0 Å². The summed E-state index contributed by atoms with van der Waals surface area (Å²) in [6.45, 7) is 0. The third-order valence-electron chi connectivity index (χ3n) is 3.56. The summed E-state index contributed by atoms with van der Waals surface area (Å²) in [5.41, 5.74) is 2.63. The van der Waals surface area contributed by atoms with Crippen LogP contribution in [0.15, 0.2) is 24.4 Å². The van der Waals surface area contributed by atoms with Gasteiger partial charge >= 0.3 is 5.91 Å². The lowest BCUT2D eigenvalue weighted by Gasteiger charge is -2.28. The van der Waals surface area contributed by atoms with E-state index in [0.29, 0.717) is 15.9 Å². The van der Waals surface area contributed by atoms with E-state index < -0.39 is 5.91 Å². The first kappa shape index (κ1) is 15.5. The van der Waals surface area contributed by atoms with Crippen LogP contribution in [0.3, 0.4) is 0 Å². The Labute approximate surface area is 129 Å². The molecule has 0 bridgehead atoms. The van der Waals surface area contributed by atoms with Crippen LogP contribution in [0.1, 0.15) is 42.6 Å². The first-order valence-corrected chi connectivity index (χ1v) is 7.52. The van der Waals surface area contributed by atoms with Crippen LogP contribution in [0.5, 0.6) is 0 Å². The van der Waals surface area contributed by atoms with Crippen molar-refractivity contribution >= 4 is 23.2 Å². The van der Waals surface area contributed by atoms with E-state index in [1.54, 1.807) is 19.2 Å². The average Bonchev–Trinajstić information content (AvgIpc) is 2.48. The van der Waals surface area contributed by atoms with E-state index in [2.05, 4.69) is 10.7 Å². The molecule has 7 heteroatoms. The Balaban J connectivity index is 1.88. The predicted molar refractivity (Wildman–Crippen MR) is 83.2 cm³/mol. The van der Waals surface area contributed by atoms with Gasteiger partial charge in [0.1, 0.15) is 0 Å². The van der Waals surface area contributed by atoms with E-state index in [1.807, 2.05) is 0 Å². The molecule has 2 N–H and O–H groups in total. The van der Waals surface area contributed by atoms with Crippen molar-refractivity contribution in [2.24, 2.45) is 0 Å². The molecule has 1 heterocycles. The Morgan fingerprint density at radius 1 is 1.38 bits per heavy atom. The maximum absolute atomic E-state index is 12.0. The highest BCUT2D eigenvalue weighted by Gasteiger charge is 2.20. The Morgan fingerprint density at radius 2 is 2.10 bits per heavy atom. The lowest BCUT2D eigenvalue weighted by Crippen LogP contribution is -2.52. The van der Waals surface area contributed by atoms with Crippen molar-refractivity contribution in [3.05, 3.63) is 35.3 Å². The molecule has 1 aliphatic carbocycles. The van der Waals surface area contributed by atoms with E-state index in [4.69, 9.17) is 12.2 Å². The second kappa shape index (κ2) is 7.21. The number of hydrazine groups is 1. The van der Waals surface area contributed by atoms with Crippen LogP contribution >= 0.6 is 12.2 Å². The van der Waals surface area contributed by atoms with Gasteiger partial charge in [0.2, 0.25) is 0 Å². The van der Waals surface area contributed by atoms with Crippen LogP contribution in [0.2, 0.25) is 0 Å². The highest BCUT2D eigenvalue weighted by atomic mass is 32.1. The number of nitrogens with zero attached hydrogens (tertiary/aromatic N) is 2. The fourth-order valence-electron chi connectivity index (χ4n) is 2.38. The molecule has 1 amide bonds. The number of amides is 1. The summed E-state index contributed by atoms with van der Waals surface area (Å²) in [4.78, 5) is 12.0. The zero-order chi connectivity index (χ0) is 15.2. The minimum absolute atomic E-state index is 0.0322. The van der Waals surface area contributed by atoms with E-state index in [9.17, 15) is 10.0 Å². The Hall–Kier alpha value is -1.89. The van der Waals surface area contributed by atoms with Gasteiger partial charge in [-0.1, -0.05) is 19.3 Å². The maximum Gasteiger partial charge on any atom is 0.335 e. The SMILES string of the molecule is CN(NC(=O)c1cccc[n+]1[O-])C(=S)NC1CCCCC1. The van der Waals surface area contributed by atoms with Gasteiger partial charge in [-0.05, 0) is 31.1 Å². The molecule has 0 unspecified atom stereocenters. The smallest absolute Gasteiger partial charge is 0.335 e. The molecule has 0 aromatic carbocycles. The Kier molecular flexibility index (Phi) is 5.32. The molecule has 1 aromatic heterocycles. The number of pyridine rings is 1. The van der Waals surface area contributed by atoms with Gasteiger partial charge in [0, 0.05) is 25.2 Å². The number of thiocarbonyl (C=S) groups is 1. The fourth-order valence-corrected chi connectivity index (χ4v) is 2.60. The number of rotatable bonds is 2. The Morgan fingerprint density at radius 3 is 2.76 bits per heavy atom. The molecular formula is C14H20N4O2S. The molecule has 6 nitrogen and oxygen atoms in total. The van der Waals surface area contributed by atoms with Crippen molar-refractivity contribution in [3.63, 3.8) is 0 Å². The second-order valence-electron chi connectivity index (χ2n) is 5.20. The summed E-state index contributed by atoms with van der Waals surface area (Å²) in [7, 11) is 1.66. The summed E-state index contributed by atoms with van der Waals surface area (Å²) in [5, 5.41) is 16.7. The summed E-state index contributed by atoms with van der Waals surface area (Å²) in [6.07, 6.45) is 7.16. The quantitative estimate of drug-likeness (QED) is 0.370. The number of nitrogens with one attached hydrogen (secondary N) is 2. The van der Waals surface area contributed by atoms with Crippen molar-refractivity contribution in [2.75, 3.05) is 7.05 Å². The summed E-state index contributed by atoms with van der Waals surface area (Å²) in [5.74, 6) is -0.485. The first-order valence-electron chi connectivity index (χ1n) is 7.11. The van der Waals surface area contributed by atoms with E-state index in [1.165, 1.54) is 36.5 Å². The first-order chi connectivity index (χ1) is 10.1. The number of aromatic nitrogens is 1. The van der Waals surface area contributed by atoms with E-state index in [0.717, 1.165) is 12.8 Å². The zero-order valence-electron chi connectivity index (χ0n) is 12.0. The maximum atomic E-state index is 12.0. The molecule has 0 aliphatic heterocycles. The van der Waals surface area contributed by atoms with Gasteiger partial charge < -0.3 is 10.5 Å². The second-order valence-corrected chi connectivity index (χ2v) is 5.58. The molecule has 0 radical (unpaired) electrons. The van der Waals surface area contributed by atoms with Gasteiger partial charge in [-0.25, -0.2) is 0 Å². The zero-order valence-corrected chi connectivity index (χ0v) is 12.9. The fraction of sp³-hybridized carbons (Fsp3) is 0.500. The average molecular weight is 308 g/mol. The van der Waals surface area contributed by atoms with E-state index >= 15 is 0 Å². The minimum Gasteiger partial charge on any atom is -0.618 e. The molecule has 21 heavy (non-hydrogen) atoms. The van der Waals surface area contributed by atoms with Gasteiger partial charge in [0.05, 0.1) is 0 Å². The number of hydrogen-bond acceptors (Lipinski definition) is 3. The highest BCUT2D eigenvalue weighted by Crippen LogP contribution is 2.17. The highest BCUT2D eigenvalue weighted by molar-refractivity contribution is 7.80. The molecule has 0 spiro atoms. The van der Waals surface area contributed by atoms with Crippen LogP contribution < -0.4 is 15.5 Å². The van der Waals surface area contributed by atoms with Gasteiger partial charge in [0.15, 0.2) is 11.3 Å². The lowest BCUT2D eigenvalue weighted by atomic mass is 9.96. The molecule has 2 rings (SSSR count). The number of carbonyl (C=O) groups is 1. The standard InChI is InChI=1S/C14H20N4O2S/c1-17(14(21)15-11-7-3-2-4-8-11)16-13(19)12-9-5-6-10-18(12)20/h5-6,9-11H,2-4,7-8H2,1H3,(H,15,21)(H,16,19).